The van der Waals surface area contributed by atoms with Crippen LogP contribution in [0.5, 0.6) is 0 Å². The summed E-state index contributed by atoms with van der Waals surface area (Å²) in [6, 6.07) is 0. The summed E-state index contributed by atoms with van der Waals surface area (Å²) >= 11 is 0. The van der Waals surface area contributed by atoms with Crippen LogP contribution in [0.2, 0.25) is 0 Å². The van der Waals surface area contributed by atoms with Gasteiger partial charge in [-0.3, -0.25) is 4.79 Å². The summed E-state index contributed by atoms with van der Waals surface area (Å²) in [6.45, 7) is 4.79. The van der Waals surface area contributed by atoms with Crippen LogP contribution < -0.4 is 5.32 Å². The molecule has 0 radical (unpaired) electrons. The summed E-state index contributed by atoms with van der Waals surface area (Å²) in [4.78, 5) is 13.5. The van der Waals surface area contributed by atoms with Crippen molar-refractivity contribution < 1.29 is 4.79 Å². The van der Waals surface area contributed by atoms with Gasteiger partial charge in [0.1, 0.15) is 0 Å². The van der Waals surface area contributed by atoms with Crippen LogP contribution in [0.3, 0.4) is 0 Å². The fourth-order valence-electron chi connectivity index (χ4n) is 2.83. The molecule has 1 spiro atoms. The van der Waals surface area contributed by atoms with Gasteiger partial charge in [-0.25, -0.2) is 0 Å². The van der Waals surface area contributed by atoms with Crippen LogP contribution in [-0.4, -0.2) is 36.0 Å². The van der Waals surface area contributed by atoms with Crippen LogP contribution in [0.15, 0.2) is 0 Å². The van der Waals surface area contributed by atoms with E-state index in [2.05, 4.69) is 10.2 Å². The van der Waals surface area contributed by atoms with Crippen LogP contribution >= 0.6 is 0 Å². The van der Waals surface area contributed by atoms with Gasteiger partial charge >= 0.3 is 0 Å². The number of carbonyl (C=O) groups excluding carboxylic acids is 1. The van der Waals surface area contributed by atoms with Crippen LogP contribution in [0, 0.1) is 0 Å². The minimum Gasteiger partial charge on any atom is -0.336 e. The zero-order valence-electron chi connectivity index (χ0n) is 8.31. The fraction of sp³-hybridized carbons (Fsp3) is 0.900. The molecule has 0 saturated carbocycles. The van der Waals surface area contributed by atoms with Gasteiger partial charge in [0.05, 0.1) is 5.54 Å². The van der Waals surface area contributed by atoms with Crippen molar-refractivity contribution in [3.05, 3.63) is 0 Å². The van der Waals surface area contributed by atoms with E-state index in [0.717, 1.165) is 19.6 Å². The molecule has 1 amide bonds. The Labute approximate surface area is 79.5 Å². The smallest absolute Gasteiger partial charge is 0.219 e. The Morgan fingerprint density at radius 1 is 1.38 bits per heavy atom. The molecule has 1 N–H and O–H groups in total. The zero-order chi connectivity index (χ0) is 9.31. The Balaban J connectivity index is 2.13. The molecule has 2 aliphatic heterocycles. The minimum atomic E-state index is 0.185. The van der Waals surface area contributed by atoms with Gasteiger partial charge in [0.2, 0.25) is 5.91 Å². The minimum absolute atomic E-state index is 0.185. The molecule has 2 rings (SSSR count). The maximum atomic E-state index is 11.4. The SMILES string of the molecule is CC(=O)N1CCCC12CCCNC2. The van der Waals surface area contributed by atoms with Crippen molar-refractivity contribution in [1.82, 2.24) is 10.2 Å². The number of amides is 1. The summed E-state index contributed by atoms with van der Waals surface area (Å²) < 4.78 is 0. The molecule has 0 aromatic carbocycles. The van der Waals surface area contributed by atoms with Crippen molar-refractivity contribution in [2.75, 3.05) is 19.6 Å². The Kier molecular flexibility index (Phi) is 2.28. The molecule has 74 valence electrons. The van der Waals surface area contributed by atoms with E-state index in [0.29, 0.717) is 0 Å². The zero-order valence-corrected chi connectivity index (χ0v) is 8.31. The van der Waals surface area contributed by atoms with Gasteiger partial charge in [0.15, 0.2) is 0 Å². The van der Waals surface area contributed by atoms with Crippen LogP contribution in [0.4, 0.5) is 0 Å². The lowest BCUT2D eigenvalue weighted by atomic mass is 9.87. The third kappa shape index (κ3) is 1.46. The first-order valence-electron chi connectivity index (χ1n) is 5.24. The highest BCUT2D eigenvalue weighted by molar-refractivity contribution is 5.74. The van der Waals surface area contributed by atoms with Crippen LogP contribution in [-0.2, 0) is 4.79 Å². The summed E-state index contributed by atoms with van der Waals surface area (Å²) in [5.41, 5.74) is 0.185. The van der Waals surface area contributed by atoms with Crippen molar-refractivity contribution >= 4 is 5.91 Å². The molecule has 1 atom stereocenters. The largest absolute Gasteiger partial charge is 0.336 e. The molecule has 2 fully saturated rings. The maximum Gasteiger partial charge on any atom is 0.219 e. The highest BCUT2D eigenvalue weighted by atomic mass is 16.2. The molecular formula is C10H18N2O. The lowest BCUT2D eigenvalue weighted by molar-refractivity contribution is -0.133. The van der Waals surface area contributed by atoms with Gasteiger partial charge in [-0.05, 0) is 32.2 Å². The second-order valence-electron chi connectivity index (χ2n) is 4.28. The van der Waals surface area contributed by atoms with E-state index < -0.39 is 0 Å². The summed E-state index contributed by atoms with van der Waals surface area (Å²) in [6.07, 6.45) is 4.78. The number of likely N-dealkylation sites (tertiary alicyclic amines) is 1. The molecule has 3 heteroatoms. The normalized spacial score (nSPS) is 34.1. The van der Waals surface area contributed by atoms with Crippen LogP contribution in [0.1, 0.15) is 32.6 Å². The Hall–Kier alpha value is -0.570. The highest BCUT2D eigenvalue weighted by Gasteiger charge is 2.42. The van der Waals surface area contributed by atoms with Crippen molar-refractivity contribution in [3.8, 4) is 0 Å². The van der Waals surface area contributed by atoms with Crippen molar-refractivity contribution in [1.29, 1.82) is 0 Å². The molecule has 2 heterocycles. The third-order valence-corrected chi connectivity index (χ3v) is 3.43. The lowest BCUT2D eigenvalue weighted by Crippen LogP contribution is -2.55. The maximum absolute atomic E-state index is 11.4. The fourth-order valence-corrected chi connectivity index (χ4v) is 2.83. The number of hydrogen-bond acceptors (Lipinski definition) is 2. The summed E-state index contributed by atoms with van der Waals surface area (Å²) in [5.74, 6) is 0.251. The number of rotatable bonds is 0. The van der Waals surface area contributed by atoms with Gasteiger partial charge in [-0.1, -0.05) is 0 Å². The van der Waals surface area contributed by atoms with E-state index in [1.807, 2.05) is 0 Å². The second-order valence-corrected chi connectivity index (χ2v) is 4.28. The van der Waals surface area contributed by atoms with Crippen molar-refractivity contribution in [3.63, 3.8) is 0 Å². The molecule has 3 nitrogen and oxygen atoms in total. The number of piperidine rings is 1. The van der Waals surface area contributed by atoms with Gasteiger partial charge in [0.25, 0.3) is 0 Å². The van der Waals surface area contributed by atoms with Gasteiger partial charge in [0, 0.05) is 20.0 Å². The number of nitrogens with one attached hydrogen (secondary N) is 1. The predicted molar refractivity (Wildman–Crippen MR) is 51.5 cm³/mol. The number of hydrogen-bond donors (Lipinski definition) is 1. The van der Waals surface area contributed by atoms with Gasteiger partial charge < -0.3 is 10.2 Å². The molecule has 1 unspecified atom stereocenters. The molecule has 2 saturated heterocycles. The van der Waals surface area contributed by atoms with E-state index in [1.54, 1.807) is 6.92 Å². The molecule has 0 bridgehead atoms. The quantitative estimate of drug-likeness (QED) is 0.599. The Morgan fingerprint density at radius 2 is 2.15 bits per heavy atom. The summed E-state index contributed by atoms with van der Waals surface area (Å²) in [7, 11) is 0. The molecule has 2 aliphatic rings. The molecular weight excluding hydrogens is 164 g/mol. The van der Waals surface area contributed by atoms with Crippen molar-refractivity contribution in [2.45, 2.75) is 38.1 Å². The van der Waals surface area contributed by atoms with E-state index in [-0.39, 0.29) is 11.4 Å². The first-order chi connectivity index (χ1) is 6.25. The van der Waals surface area contributed by atoms with E-state index in [1.165, 1.54) is 25.7 Å². The number of carbonyl (C=O) groups is 1. The molecule has 0 aromatic rings. The third-order valence-electron chi connectivity index (χ3n) is 3.43. The first-order valence-corrected chi connectivity index (χ1v) is 5.24. The Bertz CT molecular complexity index is 209. The van der Waals surface area contributed by atoms with Crippen molar-refractivity contribution in [2.24, 2.45) is 0 Å². The number of nitrogens with zero attached hydrogens (tertiary/aromatic N) is 1. The van der Waals surface area contributed by atoms with E-state index in [4.69, 9.17) is 0 Å². The average molecular weight is 182 g/mol. The van der Waals surface area contributed by atoms with E-state index in [9.17, 15) is 4.79 Å². The molecule has 0 aromatic heterocycles. The summed E-state index contributed by atoms with van der Waals surface area (Å²) in [5, 5.41) is 3.41. The predicted octanol–water partition coefficient (Wildman–Crippen LogP) is 0.751. The molecule has 13 heavy (non-hydrogen) atoms. The second kappa shape index (κ2) is 3.29. The van der Waals surface area contributed by atoms with Gasteiger partial charge in [-0.2, -0.15) is 0 Å². The average Bonchev–Trinajstić information content (AvgIpc) is 2.50. The first kappa shape index (κ1) is 9.00. The molecule has 0 aliphatic carbocycles. The monoisotopic (exact) mass is 182 g/mol. The topological polar surface area (TPSA) is 32.3 Å². The Morgan fingerprint density at radius 3 is 2.77 bits per heavy atom. The lowest BCUT2D eigenvalue weighted by Gasteiger charge is -2.41. The van der Waals surface area contributed by atoms with Crippen LogP contribution in [0.25, 0.3) is 0 Å². The van der Waals surface area contributed by atoms with E-state index >= 15 is 0 Å². The standard InChI is InChI=1S/C10H18N2O/c1-9(13)12-7-3-5-10(12)4-2-6-11-8-10/h11H,2-8H2,1H3. The highest BCUT2D eigenvalue weighted by Crippen LogP contribution is 2.34. The van der Waals surface area contributed by atoms with Gasteiger partial charge in [-0.15, -0.1) is 0 Å².